The molecular weight excluding hydrogens is 411 g/mol. The smallest absolute Gasteiger partial charge is 0.365 e. The molecule has 0 radical (unpaired) electrons. The van der Waals surface area contributed by atoms with E-state index in [2.05, 4.69) is 21.2 Å². The predicted octanol–water partition coefficient (Wildman–Crippen LogP) is 4.72. The van der Waals surface area contributed by atoms with Gasteiger partial charge in [-0.2, -0.15) is 18.4 Å². The van der Waals surface area contributed by atoms with Gasteiger partial charge in [-0.25, -0.2) is 0 Å². The van der Waals surface area contributed by atoms with Crippen LogP contribution in [0.25, 0.3) is 0 Å². The van der Waals surface area contributed by atoms with Crippen LogP contribution in [-0.4, -0.2) is 19.5 Å². The molecule has 0 aromatic heterocycles. The molecule has 2 aromatic carbocycles. The summed E-state index contributed by atoms with van der Waals surface area (Å²) in [5.41, 5.74) is 0.202. The highest BCUT2D eigenvalue weighted by molar-refractivity contribution is 9.10. The first-order valence-corrected chi connectivity index (χ1v) is 8.29. The Bertz CT molecular complexity index is 875. The van der Waals surface area contributed by atoms with Gasteiger partial charge in [0.1, 0.15) is 0 Å². The van der Waals surface area contributed by atoms with Gasteiger partial charge in [0.25, 0.3) is 0 Å². The summed E-state index contributed by atoms with van der Waals surface area (Å²) in [5, 5.41) is 11.6. The number of rotatable bonds is 4. The van der Waals surface area contributed by atoms with E-state index in [0.717, 1.165) is 22.2 Å². The molecule has 0 bridgehead atoms. The molecule has 26 heavy (non-hydrogen) atoms. The van der Waals surface area contributed by atoms with Crippen molar-refractivity contribution in [3.63, 3.8) is 0 Å². The summed E-state index contributed by atoms with van der Waals surface area (Å²) in [6.45, 7) is 1.69. The molecule has 0 fully saturated rings. The van der Waals surface area contributed by atoms with E-state index in [1.807, 2.05) is 13.0 Å². The van der Waals surface area contributed by atoms with Crippen molar-refractivity contribution in [1.82, 2.24) is 0 Å². The van der Waals surface area contributed by atoms with E-state index in [1.54, 1.807) is 12.1 Å². The number of aryl methyl sites for hydroxylation is 1. The second-order valence-electron chi connectivity index (χ2n) is 5.70. The second kappa shape index (κ2) is 7.79. The number of benzene rings is 2. The Morgan fingerprint density at radius 1 is 1.27 bits per heavy atom. The average molecular weight is 426 g/mol. The molecular formula is C18H15BrF3N3O. The normalized spacial score (nSPS) is 11.0. The zero-order chi connectivity index (χ0) is 19.5. The lowest BCUT2D eigenvalue weighted by atomic mass is 10.1. The second-order valence-corrected chi connectivity index (χ2v) is 6.62. The van der Waals surface area contributed by atoms with Crippen molar-refractivity contribution in [3.8, 4) is 6.07 Å². The Morgan fingerprint density at radius 3 is 2.54 bits per heavy atom. The number of alkyl halides is 3. The van der Waals surface area contributed by atoms with Crippen LogP contribution >= 0.6 is 15.9 Å². The first-order valence-electron chi connectivity index (χ1n) is 7.50. The maximum absolute atomic E-state index is 13.1. The molecule has 2 rings (SSSR count). The zero-order valence-electron chi connectivity index (χ0n) is 14.0. The fraction of sp³-hybridized carbons (Fsp3) is 0.222. The quantitative estimate of drug-likeness (QED) is 0.770. The number of likely N-dealkylation sites (N-methyl/N-ethyl adjacent to an activating group) is 1. The van der Waals surface area contributed by atoms with Crippen LogP contribution in [0.1, 0.15) is 16.7 Å². The lowest BCUT2D eigenvalue weighted by Gasteiger charge is -2.21. The van der Waals surface area contributed by atoms with Crippen LogP contribution in [0.5, 0.6) is 0 Å². The fourth-order valence-electron chi connectivity index (χ4n) is 2.37. The minimum atomic E-state index is -4.64. The third kappa shape index (κ3) is 4.76. The number of anilines is 2. The number of nitriles is 1. The Morgan fingerprint density at radius 2 is 1.96 bits per heavy atom. The Kier molecular flexibility index (Phi) is 5.93. The molecule has 136 valence electrons. The van der Waals surface area contributed by atoms with Crippen LogP contribution < -0.4 is 10.2 Å². The maximum Gasteiger partial charge on any atom is 0.417 e. The highest BCUT2D eigenvalue weighted by atomic mass is 79.9. The predicted molar refractivity (Wildman–Crippen MR) is 96.9 cm³/mol. The number of carbonyl (C=O) groups is 1. The fourth-order valence-corrected chi connectivity index (χ4v) is 2.84. The maximum atomic E-state index is 13.1. The van der Waals surface area contributed by atoms with Gasteiger partial charge in [-0.3, -0.25) is 4.79 Å². The van der Waals surface area contributed by atoms with Crippen molar-refractivity contribution in [1.29, 1.82) is 5.26 Å². The lowest BCUT2D eigenvalue weighted by molar-refractivity contribution is -0.137. The first-order chi connectivity index (χ1) is 12.1. The molecule has 0 saturated heterocycles. The van der Waals surface area contributed by atoms with Crippen LogP contribution in [0, 0.1) is 18.3 Å². The summed E-state index contributed by atoms with van der Waals surface area (Å²) in [6, 6.07) is 10.2. The van der Waals surface area contributed by atoms with Gasteiger partial charge in [0.05, 0.1) is 23.7 Å². The van der Waals surface area contributed by atoms with Gasteiger partial charge in [0.2, 0.25) is 5.91 Å². The highest BCUT2D eigenvalue weighted by Crippen LogP contribution is 2.34. The van der Waals surface area contributed by atoms with Gasteiger partial charge >= 0.3 is 6.18 Å². The van der Waals surface area contributed by atoms with Crippen molar-refractivity contribution < 1.29 is 18.0 Å². The first kappa shape index (κ1) is 19.8. The Balaban J connectivity index is 2.15. The molecule has 0 atom stereocenters. The molecule has 0 aliphatic carbocycles. The number of nitrogens with zero attached hydrogens (tertiary/aromatic N) is 2. The van der Waals surface area contributed by atoms with Crippen molar-refractivity contribution in [3.05, 3.63) is 57.6 Å². The third-order valence-corrected chi connectivity index (χ3v) is 4.21. The van der Waals surface area contributed by atoms with E-state index in [1.165, 1.54) is 24.1 Å². The van der Waals surface area contributed by atoms with Crippen molar-refractivity contribution >= 4 is 33.2 Å². The standard InChI is InChI=1S/C18H15BrF3N3O/c1-11-7-13(19)4-6-16(11)24-17(26)10-25(2)14-5-3-12(9-23)15(8-14)18(20,21)22/h3-8H,10H2,1-2H3,(H,24,26). The van der Waals surface area contributed by atoms with Crippen LogP contribution in [0.2, 0.25) is 0 Å². The summed E-state index contributed by atoms with van der Waals surface area (Å²) in [7, 11) is 1.51. The molecule has 0 saturated carbocycles. The Labute approximate surface area is 157 Å². The van der Waals surface area contributed by atoms with E-state index in [0.29, 0.717) is 5.69 Å². The highest BCUT2D eigenvalue weighted by Gasteiger charge is 2.34. The van der Waals surface area contributed by atoms with Gasteiger partial charge in [0.15, 0.2) is 0 Å². The molecule has 1 amide bonds. The minimum absolute atomic E-state index is 0.140. The van der Waals surface area contributed by atoms with E-state index < -0.39 is 17.3 Å². The van der Waals surface area contributed by atoms with Crippen LogP contribution in [0.4, 0.5) is 24.5 Å². The molecule has 1 N–H and O–H groups in total. The number of nitrogens with one attached hydrogen (secondary N) is 1. The van der Waals surface area contributed by atoms with Crippen LogP contribution in [-0.2, 0) is 11.0 Å². The van der Waals surface area contributed by atoms with E-state index in [4.69, 9.17) is 5.26 Å². The van der Waals surface area contributed by atoms with Gasteiger partial charge in [-0.15, -0.1) is 0 Å². The summed E-state index contributed by atoms with van der Waals surface area (Å²) in [6.07, 6.45) is -4.64. The summed E-state index contributed by atoms with van der Waals surface area (Å²) >= 11 is 3.33. The summed E-state index contributed by atoms with van der Waals surface area (Å²) < 4.78 is 40.0. The molecule has 0 heterocycles. The summed E-state index contributed by atoms with van der Waals surface area (Å²) in [5.74, 6) is -0.365. The van der Waals surface area contributed by atoms with Crippen molar-refractivity contribution in [2.24, 2.45) is 0 Å². The van der Waals surface area contributed by atoms with E-state index >= 15 is 0 Å². The van der Waals surface area contributed by atoms with Crippen LogP contribution in [0.15, 0.2) is 40.9 Å². The molecule has 8 heteroatoms. The SMILES string of the molecule is Cc1cc(Br)ccc1NC(=O)CN(C)c1ccc(C#N)c(C(F)(F)F)c1. The minimum Gasteiger partial charge on any atom is -0.365 e. The van der Waals surface area contributed by atoms with E-state index in [-0.39, 0.29) is 18.1 Å². The van der Waals surface area contributed by atoms with Gasteiger partial charge < -0.3 is 10.2 Å². The molecule has 0 aliphatic rings. The van der Waals surface area contributed by atoms with Crippen molar-refractivity contribution in [2.75, 3.05) is 23.8 Å². The Hall–Kier alpha value is -2.53. The molecule has 2 aromatic rings. The zero-order valence-corrected chi connectivity index (χ0v) is 15.6. The molecule has 0 unspecified atom stereocenters. The van der Waals surface area contributed by atoms with Gasteiger partial charge in [-0.1, -0.05) is 15.9 Å². The topological polar surface area (TPSA) is 56.1 Å². The number of halogens is 4. The van der Waals surface area contributed by atoms with E-state index in [9.17, 15) is 18.0 Å². The third-order valence-electron chi connectivity index (χ3n) is 3.71. The molecule has 4 nitrogen and oxygen atoms in total. The lowest BCUT2D eigenvalue weighted by Crippen LogP contribution is -2.30. The molecule has 0 spiro atoms. The van der Waals surface area contributed by atoms with Gasteiger partial charge in [0, 0.05) is 22.9 Å². The number of hydrogen-bond donors (Lipinski definition) is 1. The summed E-state index contributed by atoms with van der Waals surface area (Å²) in [4.78, 5) is 13.6. The number of amides is 1. The average Bonchev–Trinajstić information content (AvgIpc) is 2.56. The largest absolute Gasteiger partial charge is 0.417 e. The van der Waals surface area contributed by atoms with Crippen molar-refractivity contribution in [2.45, 2.75) is 13.1 Å². The van der Waals surface area contributed by atoms with Gasteiger partial charge in [-0.05, 0) is 48.9 Å². The number of hydrogen-bond acceptors (Lipinski definition) is 3. The van der Waals surface area contributed by atoms with Crippen LogP contribution in [0.3, 0.4) is 0 Å². The number of carbonyl (C=O) groups excluding carboxylic acids is 1. The molecule has 0 aliphatic heterocycles. The monoisotopic (exact) mass is 425 g/mol.